The van der Waals surface area contributed by atoms with Crippen LogP contribution in [0.2, 0.25) is 0 Å². The summed E-state index contributed by atoms with van der Waals surface area (Å²) in [5.74, 6) is 0.976. The predicted octanol–water partition coefficient (Wildman–Crippen LogP) is 2.48. The maximum Gasteiger partial charge on any atom is 0.138 e. The van der Waals surface area contributed by atoms with Crippen LogP contribution in [0.5, 0.6) is 11.5 Å². The summed E-state index contributed by atoms with van der Waals surface area (Å²) in [6, 6.07) is 10.9. The monoisotopic (exact) mass is 258 g/mol. The maximum absolute atomic E-state index is 9.35. The van der Waals surface area contributed by atoms with Gasteiger partial charge in [0.05, 0.1) is 11.9 Å². The fourth-order valence-corrected chi connectivity index (χ4v) is 1.67. The second kappa shape index (κ2) is 6.75. The van der Waals surface area contributed by atoms with E-state index in [1.807, 2.05) is 18.2 Å². The topological polar surface area (TPSA) is 54.4 Å². The summed E-state index contributed by atoms with van der Waals surface area (Å²) in [4.78, 5) is 4.31. The number of aromatic nitrogens is 1. The van der Waals surface area contributed by atoms with Crippen LogP contribution in [0.25, 0.3) is 0 Å². The van der Waals surface area contributed by atoms with Gasteiger partial charge in [-0.2, -0.15) is 0 Å². The van der Waals surface area contributed by atoms with Crippen LogP contribution in [0.4, 0.5) is 0 Å². The predicted molar refractivity (Wildman–Crippen MR) is 74.1 cm³/mol. The number of hydrogen-bond donors (Lipinski definition) is 2. The van der Waals surface area contributed by atoms with E-state index in [4.69, 9.17) is 4.74 Å². The van der Waals surface area contributed by atoms with Crippen molar-refractivity contribution in [3.8, 4) is 11.5 Å². The van der Waals surface area contributed by atoms with E-state index in [0.29, 0.717) is 6.61 Å². The molecule has 1 heterocycles. The van der Waals surface area contributed by atoms with E-state index >= 15 is 0 Å². The van der Waals surface area contributed by atoms with Gasteiger partial charge >= 0.3 is 0 Å². The van der Waals surface area contributed by atoms with Crippen molar-refractivity contribution in [2.45, 2.75) is 20.1 Å². The van der Waals surface area contributed by atoms with Crippen LogP contribution in [0.1, 0.15) is 18.2 Å². The summed E-state index contributed by atoms with van der Waals surface area (Å²) < 4.78 is 5.61. The maximum atomic E-state index is 9.35. The second-order valence-electron chi connectivity index (χ2n) is 4.22. The molecular weight excluding hydrogens is 240 g/mol. The average Bonchev–Trinajstić information content (AvgIpc) is 2.44. The van der Waals surface area contributed by atoms with Gasteiger partial charge in [-0.1, -0.05) is 19.1 Å². The molecule has 0 aliphatic rings. The molecule has 0 aliphatic carbocycles. The summed E-state index contributed by atoms with van der Waals surface area (Å²) in [5.41, 5.74) is 1.92. The van der Waals surface area contributed by atoms with Gasteiger partial charge in [0.25, 0.3) is 0 Å². The molecule has 2 rings (SSSR count). The third-order valence-corrected chi connectivity index (χ3v) is 2.67. The molecule has 0 atom stereocenters. The molecule has 0 saturated heterocycles. The highest BCUT2D eigenvalue weighted by Crippen LogP contribution is 2.15. The van der Waals surface area contributed by atoms with Gasteiger partial charge < -0.3 is 15.2 Å². The normalized spacial score (nSPS) is 10.4. The van der Waals surface area contributed by atoms with Crippen LogP contribution in [0.3, 0.4) is 0 Å². The third-order valence-electron chi connectivity index (χ3n) is 2.67. The summed E-state index contributed by atoms with van der Waals surface area (Å²) in [6.45, 7) is 4.18. The Balaban J connectivity index is 1.89. The van der Waals surface area contributed by atoms with Crippen LogP contribution in [-0.4, -0.2) is 16.6 Å². The number of ether oxygens (including phenoxy) is 1. The molecule has 0 aliphatic heterocycles. The van der Waals surface area contributed by atoms with Crippen molar-refractivity contribution in [3.63, 3.8) is 0 Å². The first kappa shape index (κ1) is 13.4. The number of hydrogen-bond acceptors (Lipinski definition) is 4. The third kappa shape index (κ3) is 4.26. The highest BCUT2D eigenvalue weighted by molar-refractivity contribution is 5.27. The standard InChI is InChI=1S/C15H18N2O2/c1-2-16-9-13-6-7-15(10-17-13)19-11-12-4-3-5-14(18)8-12/h3-8,10,16,18H,2,9,11H2,1H3. The van der Waals surface area contributed by atoms with Crippen molar-refractivity contribution in [2.75, 3.05) is 6.54 Å². The number of nitrogens with zero attached hydrogens (tertiary/aromatic N) is 1. The number of aromatic hydroxyl groups is 1. The zero-order valence-electron chi connectivity index (χ0n) is 11.0. The lowest BCUT2D eigenvalue weighted by molar-refractivity contribution is 0.304. The summed E-state index contributed by atoms with van der Waals surface area (Å²) >= 11 is 0. The van der Waals surface area contributed by atoms with Crippen molar-refractivity contribution in [1.29, 1.82) is 0 Å². The number of benzene rings is 1. The van der Waals surface area contributed by atoms with E-state index in [1.54, 1.807) is 24.4 Å². The molecule has 0 amide bonds. The lowest BCUT2D eigenvalue weighted by Gasteiger charge is -2.07. The molecule has 0 bridgehead atoms. The second-order valence-corrected chi connectivity index (χ2v) is 4.22. The fraction of sp³-hybridized carbons (Fsp3) is 0.267. The Morgan fingerprint density at radius 3 is 2.84 bits per heavy atom. The molecule has 2 N–H and O–H groups in total. The first-order valence-electron chi connectivity index (χ1n) is 6.34. The van der Waals surface area contributed by atoms with Gasteiger partial charge in [0.2, 0.25) is 0 Å². The number of pyridine rings is 1. The van der Waals surface area contributed by atoms with E-state index < -0.39 is 0 Å². The minimum absolute atomic E-state index is 0.250. The van der Waals surface area contributed by atoms with Crippen LogP contribution < -0.4 is 10.1 Å². The number of nitrogens with one attached hydrogen (secondary N) is 1. The summed E-state index contributed by atoms with van der Waals surface area (Å²) in [6.07, 6.45) is 1.72. The van der Waals surface area contributed by atoms with Crippen LogP contribution in [0, 0.1) is 0 Å². The summed E-state index contributed by atoms with van der Waals surface area (Å²) in [7, 11) is 0. The Labute approximate surface area is 113 Å². The Hall–Kier alpha value is -2.07. The molecule has 0 radical (unpaired) electrons. The Morgan fingerprint density at radius 2 is 2.16 bits per heavy atom. The van der Waals surface area contributed by atoms with Gasteiger partial charge in [0.1, 0.15) is 18.1 Å². The number of rotatable bonds is 6. The van der Waals surface area contributed by atoms with E-state index in [2.05, 4.69) is 17.2 Å². The smallest absolute Gasteiger partial charge is 0.138 e. The van der Waals surface area contributed by atoms with E-state index in [1.165, 1.54) is 0 Å². The lowest BCUT2D eigenvalue weighted by Crippen LogP contribution is -2.12. The zero-order valence-corrected chi connectivity index (χ0v) is 11.0. The van der Waals surface area contributed by atoms with Crippen LogP contribution >= 0.6 is 0 Å². The molecular formula is C15H18N2O2. The van der Waals surface area contributed by atoms with Crippen molar-refractivity contribution in [1.82, 2.24) is 10.3 Å². The first-order valence-corrected chi connectivity index (χ1v) is 6.34. The molecule has 4 nitrogen and oxygen atoms in total. The minimum atomic E-state index is 0.250. The Kier molecular flexibility index (Phi) is 4.75. The minimum Gasteiger partial charge on any atom is -0.508 e. The van der Waals surface area contributed by atoms with E-state index in [9.17, 15) is 5.11 Å². The highest BCUT2D eigenvalue weighted by atomic mass is 16.5. The van der Waals surface area contributed by atoms with Crippen molar-refractivity contribution in [2.24, 2.45) is 0 Å². The molecule has 0 fully saturated rings. The van der Waals surface area contributed by atoms with Gasteiger partial charge in [0.15, 0.2) is 0 Å². The molecule has 1 aromatic heterocycles. The molecule has 2 aromatic rings. The van der Waals surface area contributed by atoms with Gasteiger partial charge in [-0.3, -0.25) is 4.98 Å². The highest BCUT2D eigenvalue weighted by Gasteiger charge is 1.99. The Bertz CT molecular complexity index is 512. The van der Waals surface area contributed by atoms with E-state index in [-0.39, 0.29) is 5.75 Å². The molecule has 0 spiro atoms. The van der Waals surface area contributed by atoms with Crippen molar-refractivity contribution >= 4 is 0 Å². The average molecular weight is 258 g/mol. The van der Waals surface area contributed by atoms with Crippen molar-refractivity contribution < 1.29 is 9.84 Å². The van der Waals surface area contributed by atoms with Gasteiger partial charge in [-0.05, 0) is 36.4 Å². The molecule has 1 aromatic carbocycles. The van der Waals surface area contributed by atoms with Crippen molar-refractivity contribution in [3.05, 3.63) is 53.9 Å². The molecule has 19 heavy (non-hydrogen) atoms. The Morgan fingerprint density at radius 1 is 1.26 bits per heavy atom. The molecule has 0 saturated carbocycles. The number of phenolic OH excluding ortho intramolecular Hbond substituents is 1. The summed E-state index contributed by atoms with van der Waals surface area (Å²) in [5, 5.41) is 12.6. The molecule has 0 unspecified atom stereocenters. The molecule has 100 valence electrons. The quantitative estimate of drug-likeness (QED) is 0.835. The van der Waals surface area contributed by atoms with E-state index in [0.717, 1.165) is 30.1 Å². The zero-order chi connectivity index (χ0) is 13.5. The lowest BCUT2D eigenvalue weighted by atomic mass is 10.2. The van der Waals surface area contributed by atoms with Crippen LogP contribution in [-0.2, 0) is 13.2 Å². The van der Waals surface area contributed by atoms with Gasteiger partial charge in [0, 0.05) is 6.54 Å². The SMILES string of the molecule is CCNCc1ccc(OCc2cccc(O)c2)cn1. The van der Waals surface area contributed by atoms with Gasteiger partial charge in [-0.25, -0.2) is 0 Å². The van der Waals surface area contributed by atoms with Crippen LogP contribution in [0.15, 0.2) is 42.6 Å². The molecule has 4 heteroatoms. The largest absolute Gasteiger partial charge is 0.508 e. The number of phenols is 1. The van der Waals surface area contributed by atoms with Gasteiger partial charge in [-0.15, -0.1) is 0 Å². The fourth-order valence-electron chi connectivity index (χ4n) is 1.67. The first-order chi connectivity index (χ1) is 9.28.